The fraction of sp³-hybridized carbons (Fsp3) is 0.471. The molecule has 0 bridgehead atoms. The van der Waals surface area contributed by atoms with Gasteiger partial charge in [0.1, 0.15) is 5.75 Å². The molecule has 130 valence electrons. The largest absolute Gasteiger partial charge is 0.491 e. The summed E-state index contributed by atoms with van der Waals surface area (Å²) in [6, 6.07) is 5.10. The van der Waals surface area contributed by atoms with E-state index < -0.39 is 15.8 Å². The lowest BCUT2D eigenvalue weighted by molar-refractivity contribution is -0.137. The molecule has 1 unspecified atom stereocenters. The molecule has 1 aliphatic heterocycles. The lowest BCUT2D eigenvalue weighted by Gasteiger charge is -2.16. The molecule has 24 heavy (non-hydrogen) atoms. The minimum Gasteiger partial charge on any atom is -0.491 e. The van der Waals surface area contributed by atoms with E-state index in [1.165, 1.54) is 6.26 Å². The molecule has 6 nitrogen and oxygen atoms in total. The van der Waals surface area contributed by atoms with Crippen LogP contribution in [-0.2, 0) is 21.1 Å². The van der Waals surface area contributed by atoms with Crippen molar-refractivity contribution in [2.45, 2.75) is 50.2 Å². The summed E-state index contributed by atoms with van der Waals surface area (Å²) < 4.78 is 32.2. The molecule has 0 spiro atoms. The second-order valence-corrected chi connectivity index (χ2v) is 8.58. The van der Waals surface area contributed by atoms with Gasteiger partial charge in [-0.15, -0.1) is 0 Å². The van der Waals surface area contributed by atoms with Crippen LogP contribution < -0.4 is 4.74 Å². The van der Waals surface area contributed by atoms with E-state index in [0.717, 1.165) is 17.5 Å². The second kappa shape index (κ2) is 5.81. The van der Waals surface area contributed by atoms with Crippen molar-refractivity contribution >= 4 is 26.7 Å². The van der Waals surface area contributed by atoms with Crippen molar-refractivity contribution in [3.8, 4) is 5.75 Å². The van der Waals surface area contributed by atoms with Gasteiger partial charge in [-0.05, 0) is 38.8 Å². The number of fused-ring (bicyclic) bond motifs is 3. The molecule has 1 aliphatic rings. The fourth-order valence-electron chi connectivity index (χ4n) is 3.43. The minimum atomic E-state index is -3.48. The van der Waals surface area contributed by atoms with Crippen LogP contribution in [0.1, 0.15) is 38.4 Å². The van der Waals surface area contributed by atoms with E-state index in [1.54, 1.807) is 6.07 Å². The Kier molecular flexibility index (Phi) is 4.07. The highest BCUT2D eigenvalue weighted by atomic mass is 32.2. The maximum absolute atomic E-state index is 12.3. The number of benzene rings is 1. The highest BCUT2D eigenvalue weighted by Gasteiger charge is 2.29. The summed E-state index contributed by atoms with van der Waals surface area (Å²) in [7, 11) is -3.48. The molecule has 0 saturated heterocycles. The van der Waals surface area contributed by atoms with E-state index in [4.69, 9.17) is 9.84 Å². The number of rotatable bonds is 5. The van der Waals surface area contributed by atoms with E-state index >= 15 is 0 Å². The Bertz CT molecular complexity index is 911. The number of carbonyl (C=O) groups is 1. The number of aliphatic carboxylic acids is 1. The summed E-state index contributed by atoms with van der Waals surface area (Å²) >= 11 is 0. The molecule has 1 aromatic heterocycles. The van der Waals surface area contributed by atoms with Gasteiger partial charge in [0.2, 0.25) is 0 Å². The van der Waals surface area contributed by atoms with Gasteiger partial charge in [0.25, 0.3) is 0 Å². The quantitative estimate of drug-likeness (QED) is 0.895. The van der Waals surface area contributed by atoms with Crippen LogP contribution in [-0.4, -0.2) is 36.4 Å². The van der Waals surface area contributed by atoms with Crippen LogP contribution in [0.25, 0.3) is 10.9 Å². The SMILES string of the molecule is CC(C)Oc1cc(S(C)(=O)=O)c2c(c1)cc1n2C(CC(=O)O)CC1. The summed E-state index contributed by atoms with van der Waals surface area (Å²) in [5.41, 5.74) is 1.57. The van der Waals surface area contributed by atoms with E-state index in [0.29, 0.717) is 17.7 Å². The number of aryl methyl sites for hydroxylation is 1. The summed E-state index contributed by atoms with van der Waals surface area (Å²) in [6.07, 6.45) is 2.55. The molecule has 2 heterocycles. The van der Waals surface area contributed by atoms with Crippen molar-refractivity contribution in [1.82, 2.24) is 4.57 Å². The van der Waals surface area contributed by atoms with E-state index in [-0.39, 0.29) is 23.5 Å². The highest BCUT2D eigenvalue weighted by Crippen LogP contribution is 2.39. The molecule has 3 rings (SSSR count). The first-order valence-electron chi connectivity index (χ1n) is 7.93. The first-order valence-corrected chi connectivity index (χ1v) is 9.82. The summed E-state index contributed by atoms with van der Waals surface area (Å²) in [4.78, 5) is 11.3. The van der Waals surface area contributed by atoms with Crippen molar-refractivity contribution in [2.75, 3.05) is 6.26 Å². The topological polar surface area (TPSA) is 85.6 Å². The number of hydrogen-bond acceptors (Lipinski definition) is 4. The molecular weight excluding hydrogens is 330 g/mol. The normalized spacial score (nSPS) is 17.4. The zero-order valence-electron chi connectivity index (χ0n) is 13.9. The number of carboxylic acid groups (broad SMARTS) is 1. The van der Waals surface area contributed by atoms with Crippen LogP contribution in [0.5, 0.6) is 5.75 Å². The van der Waals surface area contributed by atoms with Crippen LogP contribution in [0.15, 0.2) is 23.1 Å². The third-order valence-corrected chi connectivity index (χ3v) is 5.34. The van der Waals surface area contributed by atoms with Gasteiger partial charge in [0, 0.05) is 29.4 Å². The van der Waals surface area contributed by atoms with Gasteiger partial charge in [-0.25, -0.2) is 8.42 Å². The van der Waals surface area contributed by atoms with Gasteiger partial charge < -0.3 is 14.4 Å². The van der Waals surface area contributed by atoms with Crippen molar-refractivity contribution in [3.05, 3.63) is 23.9 Å². The van der Waals surface area contributed by atoms with Crippen LogP contribution in [0, 0.1) is 0 Å². The number of carboxylic acids is 1. The van der Waals surface area contributed by atoms with Crippen LogP contribution in [0.2, 0.25) is 0 Å². The Balaban J connectivity index is 2.25. The van der Waals surface area contributed by atoms with Crippen LogP contribution >= 0.6 is 0 Å². The number of hydrogen-bond donors (Lipinski definition) is 1. The first-order chi connectivity index (χ1) is 11.2. The van der Waals surface area contributed by atoms with Crippen molar-refractivity contribution in [3.63, 3.8) is 0 Å². The standard InChI is InChI=1S/C17H21NO5S/c1-10(2)23-14-7-11-6-12-4-5-13(8-16(19)20)18(12)17(11)15(9-14)24(3,21)22/h6-7,9-10,13H,4-5,8H2,1-3H3,(H,19,20). The molecule has 1 N–H and O–H groups in total. The predicted octanol–water partition coefficient (Wildman–Crippen LogP) is 2.79. The minimum absolute atomic E-state index is 0.00970. The van der Waals surface area contributed by atoms with E-state index in [9.17, 15) is 13.2 Å². The maximum atomic E-state index is 12.3. The van der Waals surface area contributed by atoms with E-state index in [1.807, 2.05) is 30.5 Å². The highest BCUT2D eigenvalue weighted by molar-refractivity contribution is 7.91. The lowest BCUT2D eigenvalue weighted by Crippen LogP contribution is -2.12. The molecule has 0 saturated carbocycles. The number of sulfone groups is 1. The Morgan fingerprint density at radius 3 is 2.67 bits per heavy atom. The number of aromatic nitrogens is 1. The molecule has 0 aliphatic carbocycles. The van der Waals surface area contributed by atoms with E-state index in [2.05, 4.69) is 0 Å². The van der Waals surface area contributed by atoms with Gasteiger partial charge >= 0.3 is 5.97 Å². The molecule has 1 atom stereocenters. The van der Waals surface area contributed by atoms with Gasteiger partial charge in [-0.1, -0.05) is 0 Å². The molecule has 1 aromatic carbocycles. The Hall–Kier alpha value is -2.02. The molecule has 0 amide bonds. The Morgan fingerprint density at radius 1 is 1.38 bits per heavy atom. The van der Waals surface area contributed by atoms with Crippen LogP contribution in [0.3, 0.4) is 0 Å². The molecule has 2 aromatic rings. The molecule has 7 heteroatoms. The summed E-state index contributed by atoms with van der Waals surface area (Å²) in [6.45, 7) is 3.76. The molecule has 0 radical (unpaired) electrons. The summed E-state index contributed by atoms with van der Waals surface area (Å²) in [5, 5.41) is 9.91. The Morgan fingerprint density at radius 2 is 2.08 bits per heavy atom. The van der Waals surface area contributed by atoms with Gasteiger partial charge in [-0.3, -0.25) is 4.79 Å². The Labute approximate surface area is 141 Å². The number of nitrogens with zero attached hydrogens (tertiary/aromatic N) is 1. The smallest absolute Gasteiger partial charge is 0.305 e. The van der Waals surface area contributed by atoms with Crippen LogP contribution in [0.4, 0.5) is 0 Å². The van der Waals surface area contributed by atoms with Gasteiger partial charge in [0.05, 0.1) is 22.9 Å². The van der Waals surface area contributed by atoms with Crippen molar-refractivity contribution in [2.24, 2.45) is 0 Å². The third kappa shape index (κ3) is 3.00. The first kappa shape index (κ1) is 16.8. The second-order valence-electron chi connectivity index (χ2n) is 6.59. The number of ether oxygens (including phenoxy) is 1. The zero-order valence-corrected chi connectivity index (χ0v) is 14.8. The maximum Gasteiger partial charge on any atom is 0.305 e. The lowest BCUT2D eigenvalue weighted by atomic mass is 10.1. The van der Waals surface area contributed by atoms with Crippen molar-refractivity contribution in [1.29, 1.82) is 0 Å². The third-order valence-electron chi connectivity index (χ3n) is 4.23. The molecule has 0 fully saturated rings. The zero-order chi connectivity index (χ0) is 17.6. The summed E-state index contributed by atoms with van der Waals surface area (Å²) in [5.74, 6) is -0.368. The van der Waals surface area contributed by atoms with Gasteiger partial charge in [-0.2, -0.15) is 0 Å². The average molecular weight is 351 g/mol. The van der Waals surface area contributed by atoms with Crippen molar-refractivity contribution < 1.29 is 23.1 Å². The fourth-order valence-corrected chi connectivity index (χ4v) is 4.33. The van der Waals surface area contributed by atoms with Gasteiger partial charge in [0.15, 0.2) is 9.84 Å². The average Bonchev–Trinajstić information content (AvgIpc) is 2.95. The predicted molar refractivity (Wildman–Crippen MR) is 90.4 cm³/mol. The monoisotopic (exact) mass is 351 g/mol. The molecular formula is C17H21NO5S.